The summed E-state index contributed by atoms with van der Waals surface area (Å²) < 4.78 is 5.79. The molecule has 0 aromatic rings. The summed E-state index contributed by atoms with van der Waals surface area (Å²) in [6.07, 6.45) is 7.18. The van der Waals surface area contributed by atoms with E-state index in [1.165, 1.54) is 0 Å². The van der Waals surface area contributed by atoms with Crippen molar-refractivity contribution < 1.29 is 4.74 Å². The van der Waals surface area contributed by atoms with Crippen molar-refractivity contribution in [3.63, 3.8) is 0 Å². The topological polar surface area (TPSA) is 12.5 Å². The lowest BCUT2D eigenvalue weighted by Crippen LogP contribution is -2.42. The van der Waals surface area contributed by atoms with Crippen molar-refractivity contribution in [3.8, 4) is 0 Å². The van der Waals surface area contributed by atoms with E-state index in [1.54, 1.807) is 6.08 Å². The highest BCUT2D eigenvalue weighted by molar-refractivity contribution is 5.02. The van der Waals surface area contributed by atoms with Gasteiger partial charge in [0.1, 0.15) is 5.72 Å². The van der Waals surface area contributed by atoms with E-state index in [9.17, 15) is 0 Å². The fraction of sp³-hybridized carbons (Fsp3) is 0.417. The Bertz CT molecular complexity index is 212. The van der Waals surface area contributed by atoms with E-state index in [0.29, 0.717) is 0 Å². The Labute approximate surface area is 86.6 Å². The molecular formula is C12H18NO. The summed E-state index contributed by atoms with van der Waals surface area (Å²) in [6.45, 7) is 14.9. The highest BCUT2D eigenvalue weighted by Gasteiger charge is 2.39. The van der Waals surface area contributed by atoms with Gasteiger partial charge in [-0.15, -0.1) is 19.7 Å². The van der Waals surface area contributed by atoms with Crippen molar-refractivity contribution in [1.29, 1.82) is 0 Å². The lowest BCUT2D eigenvalue weighted by atomic mass is 10.0. The van der Waals surface area contributed by atoms with Crippen LogP contribution in [0.3, 0.4) is 0 Å². The van der Waals surface area contributed by atoms with Crippen LogP contribution in [0, 0.1) is 6.54 Å². The van der Waals surface area contributed by atoms with Crippen LogP contribution in [0.2, 0.25) is 0 Å². The van der Waals surface area contributed by atoms with Gasteiger partial charge in [-0.3, -0.25) is 4.90 Å². The largest absolute Gasteiger partial charge is 0.358 e. The molecule has 0 aromatic carbocycles. The molecule has 0 N–H and O–H groups in total. The van der Waals surface area contributed by atoms with Gasteiger partial charge in [0.25, 0.3) is 0 Å². The minimum Gasteiger partial charge on any atom is -0.358 e. The quantitative estimate of drug-likeness (QED) is 0.600. The van der Waals surface area contributed by atoms with Crippen LogP contribution in [0.4, 0.5) is 0 Å². The van der Waals surface area contributed by atoms with Crippen LogP contribution < -0.4 is 0 Å². The van der Waals surface area contributed by atoms with Gasteiger partial charge in [0.15, 0.2) is 0 Å². The number of nitrogens with zero attached hydrogens (tertiary/aromatic N) is 1. The van der Waals surface area contributed by atoms with Crippen molar-refractivity contribution in [3.05, 3.63) is 44.5 Å². The Hall–Kier alpha value is -0.860. The average molecular weight is 192 g/mol. The van der Waals surface area contributed by atoms with Crippen molar-refractivity contribution in [2.45, 2.75) is 18.6 Å². The first kappa shape index (κ1) is 11.2. The summed E-state index contributed by atoms with van der Waals surface area (Å²) in [6, 6.07) is 0. The molecule has 0 unspecified atom stereocenters. The molecule has 0 atom stereocenters. The molecule has 0 bridgehead atoms. The number of rotatable bonds is 6. The van der Waals surface area contributed by atoms with Crippen LogP contribution >= 0.6 is 0 Å². The van der Waals surface area contributed by atoms with Gasteiger partial charge in [-0.05, 0) is 0 Å². The predicted molar refractivity (Wildman–Crippen MR) is 59.5 cm³/mol. The second kappa shape index (κ2) is 5.13. The predicted octanol–water partition coefficient (Wildman–Crippen LogP) is 2.51. The Morgan fingerprint density at radius 2 is 1.86 bits per heavy atom. The summed E-state index contributed by atoms with van der Waals surface area (Å²) in [5.41, 5.74) is -0.266. The molecule has 0 amide bonds. The van der Waals surface area contributed by atoms with Gasteiger partial charge in [0, 0.05) is 25.9 Å². The zero-order valence-corrected chi connectivity index (χ0v) is 8.61. The molecule has 2 nitrogen and oxygen atoms in total. The number of hydrogen-bond donors (Lipinski definition) is 0. The maximum absolute atomic E-state index is 5.79. The number of hydrogen-bond acceptors (Lipinski definition) is 2. The molecule has 1 aliphatic heterocycles. The Morgan fingerprint density at radius 3 is 2.36 bits per heavy atom. The van der Waals surface area contributed by atoms with E-state index in [0.717, 1.165) is 26.0 Å². The maximum Gasteiger partial charge on any atom is 0.129 e. The minimum absolute atomic E-state index is 0.266. The van der Waals surface area contributed by atoms with Gasteiger partial charge in [-0.25, -0.2) is 0 Å². The van der Waals surface area contributed by atoms with E-state index in [4.69, 9.17) is 4.74 Å². The minimum atomic E-state index is -0.266. The first-order valence-electron chi connectivity index (χ1n) is 4.87. The molecule has 1 aliphatic rings. The van der Waals surface area contributed by atoms with Gasteiger partial charge in [0.05, 0.1) is 6.61 Å². The Kier molecular flexibility index (Phi) is 4.11. The van der Waals surface area contributed by atoms with Crippen LogP contribution in [0.25, 0.3) is 0 Å². The molecule has 0 saturated carbocycles. The number of ether oxygens (including phenoxy) is 1. The van der Waals surface area contributed by atoms with Gasteiger partial charge in [0.2, 0.25) is 0 Å². The Morgan fingerprint density at radius 1 is 1.21 bits per heavy atom. The fourth-order valence-electron chi connectivity index (χ4n) is 1.85. The third-order valence-corrected chi connectivity index (χ3v) is 2.44. The normalized spacial score (nSPS) is 20.6. The fourth-order valence-corrected chi connectivity index (χ4v) is 1.85. The average Bonchev–Trinajstić information content (AvgIpc) is 2.51. The van der Waals surface area contributed by atoms with E-state index < -0.39 is 0 Å². The molecule has 1 heterocycles. The third kappa shape index (κ3) is 2.14. The summed E-state index contributed by atoms with van der Waals surface area (Å²) >= 11 is 0. The van der Waals surface area contributed by atoms with E-state index >= 15 is 0 Å². The first-order valence-corrected chi connectivity index (χ1v) is 4.87. The summed E-state index contributed by atoms with van der Waals surface area (Å²) in [4.78, 5) is 2.17. The highest BCUT2D eigenvalue weighted by Crippen LogP contribution is 2.32. The van der Waals surface area contributed by atoms with Gasteiger partial charge < -0.3 is 4.74 Å². The van der Waals surface area contributed by atoms with Gasteiger partial charge in [-0.2, -0.15) is 0 Å². The van der Waals surface area contributed by atoms with Crippen LogP contribution in [0.15, 0.2) is 38.0 Å². The third-order valence-electron chi connectivity index (χ3n) is 2.44. The lowest BCUT2D eigenvalue weighted by molar-refractivity contribution is -0.0630. The molecule has 1 saturated heterocycles. The zero-order chi connectivity index (χ0) is 10.4. The molecule has 1 fully saturated rings. The van der Waals surface area contributed by atoms with Crippen molar-refractivity contribution in [2.24, 2.45) is 0 Å². The monoisotopic (exact) mass is 192 g/mol. The maximum atomic E-state index is 5.79. The van der Waals surface area contributed by atoms with E-state index in [-0.39, 0.29) is 5.72 Å². The molecule has 0 aliphatic carbocycles. The van der Waals surface area contributed by atoms with Crippen LogP contribution in [-0.4, -0.2) is 23.8 Å². The highest BCUT2D eigenvalue weighted by atomic mass is 16.5. The molecule has 1 rings (SSSR count). The standard InChI is InChI=1S/C12H18NO/c1-4-7-12(8-5-2)13(9-6-3)10-11-14-12/h4-6,9H,1-3,7-8,10-11H2. The molecule has 0 aromatic heterocycles. The second-order valence-electron chi connectivity index (χ2n) is 3.36. The SMILES string of the molecule is C=C[CH]N1CCOC1(CC=C)CC=C. The molecule has 77 valence electrons. The lowest BCUT2D eigenvalue weighted by Gasteiger charge is -2.34. The summed E-state index contributed by atoms with van der Waals surface area (Å²) in [5.74, 6) is 0. The van der Waals surface area contributed by atoms with E-state index in [2.05, 4.69) is 24.6 Å². The second-order valence-corrected chi connectivity index (χ2v) is 3.36. The van der Waals surface area contributed by atoms with Gasteiger partial charge in [-0.1, -0.05) is 18.2 Å². The molecule has 2 heteroatoms. The molecule has 0 spiro atoms. The van der Waals surface area contributed by atoms with E-state index in [1.807, 2.05) is 18.7 Å². The molecule has 1 radical (unpaired) electrons. The summed E-state index contributed by atoms with van der Waals surface area (Å²) in [5, 5.41) is 0. The van der Waals surface area contributed by atoms with Crippen LogP contribution in [0.1, 0.15) is 12.8 Å². The van der Waals surface area contributed by atoms with Crippen molar-refractivity contribution in [1.82, 2.24) is 4.90 Å². The van der Waals surface area contributed by atoms with Crippen LogP contribution in [0.5, 0.6) is 0 Å². The Balaban J connectivity index is 2.75. The zero-order valence-electron chi connectivity index (χ0n) is 8.61. The van der Waals surface area contributed by atoms with Gasteiger partial charge >= 0.3 is 0 Å². The van der Waals surface area contributed by atoms with Crippen molar-refractivity contribution in [2.75, 3.05) is 13.2 Å². The molecular weight excluding hydrogens is 174 g/mol. The smallest absolute Gasteiger partial charge is 0.129 e. The molecule has 14 heavy (non-hydrogen) atoms. The first-order chi connectivity index (χ1) is 6.79. The summed E-state index contributed by atoms with van der Waals surface area (Å²) in [7, 11) is 0. The van der Waals surface area contributed by atoms with Crippen molar-refractivity contribution >= 4 is 0 Å². The van der Waals surface area contributed by atoms with Crippen LogP contribution in [-0.2, 0) is 4.74 Å².